The maximum atomic E-state index is 15.8. The molecule has 0 spiro atoms. The summed E-state index contributed by atoms with van der Waals surface area (Å²) < 4.78 is 59.3. The van der Waals surface area contributed by atoms with E-state index in [2.05, 4.69) is 34.1 Å². The molecule has 0 bridgehead atoms. The SMILES string of the molecule is CCCCCCCCCCCCCCCCOCC(COP(=O)(O)OC[C@@]1(CCl)O[C@@H](n2cnc3c(NC)nc(C)nc32)[C@H](F)[C@@H]1O)OCCCCCCCCCCCCCCCC. The highest BCUT2D eigenvalue weighted by Gasteiger charge is 2.57. The molecule has 3 heterocycles. The number of fused-ring (bicyclic) bond motifs is 1. The molecule has 1 saturated heterocycles. The number of aliphatic hydroxyl groups excluding tert-OH is 1. The molecular weight excluding hydrogens is 860 g/mol. The zero-order valence-corrected chi connectivity index (χ0v) is 41.9. The van der Waals surface area contributed by atoms with Crippen molar-refractivity contribution in [3.63, 3.8) is 0 Å². The van der Waals surface area contributed by atoms with E-state index >= 15 is 4.39 Å². The number of anilines is 1. The number of hydrogen-bond acceptors (Lipinski definition) is 11. The van der Waals surface area contributed by atoms with Crippen LogP contribution in [0.3, 0.4) is 0 Å². The Morgan fingerprint density at radius 3 is 1.75 bits per heavy atom. The Bertz CT molecular complexity index is 1530. The highest BCUT2D eigenvalue weighted by Crippen LogP contribution is 2.48. The lowest BCUT2D eigenvalue weighted by Gasteiger charge is -2.30. The van der Waals surface area contributed by atoms with Crippen molar-refractivity contribution in [1.29, 1.82) is 0 Å². The summed E-state index contributed by atoms with van der Waals surface area (Å²) in [6.45, 7) is 6.48. The fourth-order valence-electron chi connectivity index (χ4n) is 8.40. The highest BCUT2D eigenvalue weighted by atomic mass is 35.5. The number of hydrogen-bond donors (Lipinski definition) is 3. The minimum atomic E-state index is -4.74. The van der Waals surface area contributed by atoms with E-state index in [9.17, 15) is 14.6 Å². The Morgan fingerprint density at radius 2 is 1.27 bits per heavy atom. The van der Waals surface area contributed by atoms with Gasteiger partial charge in [0.15, 0.2) is 29.4 Å². The largest absolute Gasteiger partial charge is 0.472 e. The summed E-state index contributed by atoms with van der Waals surface area (Å²) in [4.78, 5) is 23.8. The predicted octanol–water partition coefficient (Wildman–Crippen LogP) is 12.9. The summed E-state index contributed by atoms with van der Waals surface area (Å²) in [6, 6.07) is 0. The molecule has 0 aromatic carbocycles. The van der Waals surface area contributed by atoms with Crippen molar-refractivity contribution in [3.05, 3.63) is 12.2 Å². The van der Waals surface area contributed by atoms with Crippen molar-refractivity contribution in [2.45, 2.75) is 231 Å². The first kappa shape index (κ1) is 56.8. The average molecular weight is 949 g/mol. The molecule has 1 aliphatic heterocycles. The van der Waals surface area contributed by atoms with Crippen LogP contribution in [0, 0.1) is 6.92 Å². The Balaban J connectivity index is 1.42. The molecule has 0 aliphatic carbocycles. The molecule has 372 valence electrons. The summed E-state index contributed by atoms with van der Waals surface area (Å²) in [6.07, 6.45) is 31.1. The van der Waals surface area contributed by atoms with Crippen LogP contribution in [0.4, 0.5) is 10.2 Å². The van der Waals surface area contributed by atoms with Crippen molar-refractivity contribution in [1.82, 2.24) is 19.5 Å². The molecule has 0 saturated carbocycles. The van der Waals surface area contributed by atoms with E-state index in [-0.39, 0.29) is 18.9 Å². The second-order valence-corrected chi connectivity index (χ2v) is 19.8. The van der Waals surface area contributed by atoms with Crippen molar-refractivity contribution in [2.24, 2.45) is 0 Å². The van der Waals surface area contributed by atoms with Gasteiger partial charge in [-0.05, 0) is 19.8 Å². The van der Waals surface area contributed by atoms with Crippen LogP contribution in [-0.4, -0.2) is 99.5 Å². The lowest BCUT2D eigenvalue weighted by atomic mass is 9.99. The third kappa shape index (κ3) is 21.6. The first-order valence-electron chi connectivity index (χ1n) is 25.4. The molecule has 0 radical (unpaired) electrons. The topological polar surface area (TPSA) is 159 Å². The molecule has 13 nitrogen and oxygen atoms in total. The number of phosphoric acid groups is 1. The fraction of sp³-hybridized carbons (Fsp3) is 0.896. The van der Waals surface area contributed by atoms with E-state index in [1.165, 1.54) is 159 Å². The molecule has 2 aromatic heterocycles. The maximum absolute atomic E-state index is 15.8. The standard InChI is InChI=1S/C48H88ClFN5O8P/c1-5-7-9-11-13-15-17-19-21-23-25-27-29-31-33-59-35-41(60-34-32-30-28-26-24-22-20-18-16-14-12-10-8-6-2)36-61-64(57,58)62-38-48(37-49)44(56)42(50)47(63-48)55-39-52-43-45(51-4)53-40(3)54-46(43)55/h39,41-42,44,47,56H,5-38H2,1-4H3,(H,57,58)(H,51,53,54)/t41?,42-,44+,47-,48-/m1/s1. The lowest BCUT2D eigenvalue weighted by Crippen LogP contribution is -2.47. The monoisotopic (exact) mass is 948 g/mol. The number of imidazole rings is 1. The Morgan fingerprint density at radius 1 is 0.781 bits per heavy atom. The molecular formula is C48H88ClFN5O8P. The number of phosphoric ester groups is 1. The minimum Gasteiger partial charge on any atom is -0.387 e. The summed E-state index contributed by atoms with van der Waals surface area (Å²) in [5, 5.41) is 14.0. The van der Waals surface area contributed by atoms with Crippen LogP contribution in [0.5, 0.6) is 0 Å². The van der Waals surface area contributed by atoms with Crippen molar-refractivity contribution in [2.75, 3.05) is 51.3 Å². The summed E-state index contributed by atoms with van der Waals surface area (Å²) >= 11 is 6.27. The van der Waals surface area contributed by atoms with Gasteiger partial charge in [-0.1, -0.05) is 181 Å². The molecule has 1 fully saturated rings. The van der Waals surface area contributed by atoms with Crippen LogP contribution in [0.1, 0.15) is 206 Å². The Labute approximate surface area is 391 Å². The van der Waals surface area contributed by atoms with E-state index in [0.717, 1.165) is 32.1 Å². The third-order valence-corrected chi connectivity index (χ3v) is 13.8. The number of rotatable bonds is 42. The van der Waals surface area contributed by atoms with Gasteiger partial charge >= 0.3 is 7.82 Å². The molecule has 3 rings (SSSR count). The Kier molecular flexibility index (Phi) is 30.1. The smallest absolute Gasteiger partial charge is 0.387 e. The number of halogens is 2. The molecule has 16 heteroatoms. The number of aromatic nitrogens is 4. The highest BCUT2D eigenvalue weighted by molar-refractivity contribution is 7.47. The van der Waals surface area contributed by atoms with Gasteiger partial charge in [0, 0.05) is 20.3 Å². The van der Waals surface area contributed by atoms with Crippen LogP contribution in [0.2, 0.25) is 0 Å². The number of aryl methyl sites for hydroxylation is 1. The number of nitrogens with one attached hydrogen (secondary N) is 1. The van der Waals surface area contributed by atoms with Gasteiger partial charge in [-0.2, -0.15) is 0 Å². The first-order valence-corrected chi connectivity index (χ1v) is 27.4. The first-order chi connectivity index (χ1) is 31.1. The van der Waals surface area contributed by atoms with E-state index in [1.54, 1.807) is 14.0 Å². The fourth-order valence-corrected chi connectivity index (χ4v) is 9.50. The number of nitrogens with zero attached hydrogens (tertiary/aromatic N) is 4. The van der Waals surface area contributed by atoms with Crippen LogP contribution in [0.15, 0.2) is 6.33 Å². The van der Waals surface area contributed by atoms with E-state index in [0.29, 0.717) is 30.4 Å². The summed E-state index contributed by atoms with van der Waals surface area (Å²) in [5.41, 5.74) is -1.21. The molecule has 1 aliphatic rings. The quantitative estimate of drug-likeness (QED) is 0.0329. The summed E-state index contributed by atoms with van der Waals surface area (Å²) in [7, 11) is -3.06. The van der Waals surface area contributed by atoms with Gasteiger partial charge in [0.2, 0.25) is 0 Å². The van der Waals surface area contributed by atoms with Gasteiger partial charge in [-0.25, -0.2) is 23.9 Å². The number of ether oxygens (including phenoxy) is 3. The van der Waals surface area contributed by atoms with E-state index < -0.39 is 50.5 Å². The molecule has 2 aromatic rings. The maximum Gasteiger partial charge on any atom is 0.472 e. The second kappa shape index (κ2) is 33.9. The van der Waals surface area contributed by atoms with E-state index in [4.69, 9.17) is 34.9 Å². The molecule has 6 atom stereocenters. The third-order valence-electron chi connectivity index (χ3n) is 12.4. The zero-order valence-electron chi connectivity index (χ0n) is 40.3. The zero-order chi connectivity index (χ0) is 46.3. The van der Waals surface area contributed by atoms with Crippen molar-refractivity contribution < 1.29 is 42.2 Å². The normalized spacial score (nSPS) is 20.3. The molecule has 3 N–H and O–H groups in total. The van der Waals surface area contributed by atoms with Gasteiger partial charge in [0.1, 0.15) is 23.6 Å². The van der Waals surface area contributed by atoms with Crippen molar-refractivity contribution >= 4 is 36.4 Å². The van der Waals surface area contributed by atoms with Crippen LogP contribution < -0.4 is 5.32 Å². The predicted molar refractivity (Wildman–Crippen MR) is 257 cm³/mol. The van der Waals surface area contributed by atoms with Gasteiger partial charge in [0.05, 0.1) is 32.0 Å². The summed E-state index contributed by atoms with van der Waals surface area (Å²) in [5.74, 6) is 0.424. The molecule has 64 heavy (non-hydrogen) atoms. The van der Waals surface area contributed by atoms with Gasteiger partial charge in [-0.15, -0.1) is 11.6 Å². The van der Waals surface area contributed by atoms with Crippen molar-refractivity contribution in [3.8, 4) is 0 Å². The van der Waals surface area contributed by atoms with Gasteiger partial charge in [0.25, 0.3) is 0 Å². The van der Waals surface area contributed by atoms with Crippen LogP contribution in [-0.2, 0) is 27.8 Å². The lowest BCUT2D eigenvalue weighted by molar-refractivity contribution is -0.113. The Hall–Kier alpha value is -1.48. The minimum absolute atomic E-state index is 0.201. The second-order valence-electron chi connectivity index (χ2n) is 18.1. The number of aliphatic hydroxyl groups is 1. The van der Waals surface area contributed by atoms with Crippen LogP contribution >= 0.6 is 19.4 Å². The molecule has 2 unspecified atom stereocenters. The van der Waals surface area contributed by atoms with E-state index in [1.807, 2.05) is 0 Å². The van der Waals surface area contributed by atoms with Gasteiger partial charge < -0.3 is 29.5 Å². The number of alkyl halides is 2. The van der Waals surface area contributed by atoms with Gasteiger partial charge in [-0.3, -0.25) is 13.6 Å². The van der Waals surface area contributed by atoms with Crippen LogP contribution in [0.25, 0.3) is 11.2 Å². The number of unbranched alkanes of at least 4 members (excludes halogenated alkanes) is 26. The molecule has 0 amide bonds. The average Bonchev–Trinajstić information content (AvgIpc) is 3.82.